The molecule has 140 valence electrons. The Morgan fingerprint density at radius 3 is 2.93 bits per heavy atom. The maximum absolute atomic E-state index is 13.5. The van der Waals surface area contributed by atoms with Gasteiger partial charge >= 0.3 is 0 Å². The van der Waals surface area contributed by atoms with Crippen molar-refractivity contribution >= 4 is 17.7 Å². The molecule has 4 rings (SSSR count). The Balaban J connectivity index is 1.44. The van der Waals surface area contributed by atoms with Crippen molar-refractivity contribution in [3.8, 4) is 0 Å². The summed E-state index contributed by atoms with van der Waals surface area (Å²) < 4.78 is 21.2. The van der Waals surface area contributed by atoms with Crippen LogP contribution in [0.3, 0.4) is 0 Å². The first-order chi connectivity index (χ1) is 13.1. The monoisotopic (exact) mass is 385 g/mol. The van der Waals surface area contributed by atoms with Gasteiger partial charge in [0.15, 0.2) is 10.9 Å². The maximum atomic E-state index is 13.5. The first-order valence-corrected chi connectivity index (χ1v) is 9.83. The number of carbonyl (C=O) groups is 1. The number of aromatic nitrogens is 2. The summed E-state index contributed by atoms with van der Waals surface area (Å²) in [6, 6.07) is 10.1. The minimum Gasteiger partial charge on any atom is -0.455 e. The highest BCUT2D eigenvalue weighted by atomic mass is 32.2. The third kappa shape index (κ3) is 4.24. The molecule has 0 N–H and O–H groups in total. The van der Waals surface area contributed by atoms with E-state index in [1.165, 1.54) is 12.1 Å². The van der Waals surface area contributed by atoms with E-state index in [9.17, 15) is 9.18 Å². The van der Waals surface area contributed by atoms with Gasteiger partial charge in [0.2, 0.25) is 0 Å². The lowest BCUT2D eigenvalue weighted by molar-refractivity contribution is 0.0695. The van der Waals surface area contributed by atoms with E-state index in [1.54, 1.807) is 35.0 Å². The summed E-state index contributed by atoms with van der Waals surface area (Å²) in [6.45, 7) is 0.388. The number of nitrogens with zero attached hydrogens (tertiary/aromatic N) is 3. The van der Waals surface area contributed by atoms with Crippen LogP contribution in [0.1, 0.15) is 34.7 Å². The van der Waals surface area contributed by atoms with Crippen molar-refractivity contribution in [3.05, 3.63) is 71.7 Å². The Bertz CT molecular complexity index is 948. The van der Waals surface area contributed by atoms with Gasteiger partial charge in [-0.25, -0.2) is 9.37 Å². The molecule has 0 unspecified atom stereocenters. The summed E-state index contributed by atoms with van der Waals surface area (Å²) in [5.74, 6) is 1.23. The third-order valence-corrected chi connectivity index (χ3v) is 5.56. The number of aryl methyl sites for hydroxylation is 1. The number of amides is 1. The number of hydrogen-bond acceptors (Lipinski definition) is 4. The molecule has 1 fully saturated rings. The first-order valence-electron chi connectivity index (χ1n) is 8.84. The highest BCUT2D eigenvalue weighted by molar-refractivity contribution is 7.98. The van der Waals surface area contributed by atoms with Crippen molar-refractivity contribution in [2.24, 2.45) is 7.05 Å². The van der Waals surface area contributed by atoms with E-state index in [2.05, 4.69) is 4.98 Å². The van der Waals surface area contributed by atoms with E-state index in [4.69, 9.17) is 4.42 Å². The van der Waals surface area contributed by atoms with Crippen molar-refractivity contribution in [1.29, 1.82) is 0 Å². The molecule has 2 heterocycles. The van der Waals surface area contributed by atoms with Crippen molar-refractivity contribution in [1.82, 2.24) is 14.5 Å². The van der Waals surface area contributed by atoms with Crippen LogP contribution in [-0.4, -0.2) is 26.4 Å². The van der Waals surface area contributed by atoms with E-state index >= 15 is 0 Å². The molecule has 0 spiro atoms. The van der Waals surface area contributed by atoms with Gasteiger partial charge in [-0.2, -0.15) is 0 Å². The molecule has 1 aliphatic carbocycles. The van der Waals surface area contributed by atoms with Gasteiger partial charge in [-0.15, -0.1) is 0 Å². The van der Waals surface area contributed by atoms with Crippen LogP contribution >= 0.6 is 11.8 Å². The molecular formula is C20H20FN3O2S. The van der Waals surface area contributed by atoms with Gasteiger partial charge in [-0.3, -0.25) is 4.79 Å². The van der Waals surface area contributed by atoms with Crippen molar-refractivity contribution in [2.45, 2.75) is 36.3 Å². The van der Waals surface area contributed by atoms with Crippen LogP contribution in [0.2, 0.25) is 0 Å². The van der Waals surface area contributed by atoms with Crippen LogP contribution in [0.25, 0.3) is 0 Å². The zero-order chi connectivity index (χ0) is 18.8. The average molecular weight is 385 g/mol. The Kier molecular flexibility index (Phi) is 5.03. The zero-order valence-corrected chi connectivity index (χ0v) is 15.8. The number of carbonyl (C=O) groups excluding carboxylic acids is 1. The van der Waals surface area contributed by atoms with E-state index in [0.717, 1.165) is 29.3 Å². The predicted molar refractivity (Wildman–Crippen MR) is 101 cm³/mol. The molecular weight excluding hydrogens is 365 g/mol. The van der Waals surface area contributed by atoms with E-state index < -0.39 is 0 Å². The average Bonchev–Trinajstić information content (AvgIpc) is 3.24. The largest absolute Gasteiger partial charge is 0.455 e. The van der Waals surface area contributed by atoms with Gasteiger partial charge < -0.3 is 13.9 Å². The first kappa shape index (κ1) is 17.9. The van der Waals surface area contributed by atoms with Crippen LogP contribution < -0.4 is 0 Å². The number of hydrogen-bond donors (Lipinski definition) is 0. The summed E-state index contributed by atoms with van der Waals surface area (Å²) in [5.41, 5.74) is 0.785. The Hall–Kier alpha value is -2.54. The number of furan rings is 1. The molecule has 0 atom stereocenters. The van der Waals surface area contributed by atoms with Crippen LogP contribution in [0.5, 0.6) is 0 Å². The van der Waals surface area contributed by atoms with Crippen LogP contribution in [0.15, 0.2) is 58.4 Å². The quantitative estimate of drug-likeness (QED) is 0.571. The molecule has 1 amide bonds. The molecule has 2 aromatic heterocycles. The van der Waals surface area contributed by atoms with Gasteiger partial charge in [0, 0.05) is 32.0 Å². The summed E-state index contributed by atoms with van der Waals surface area (Å²) in [6.07, 6.45) is 5.59. The SMILES string of the molecule is Cn1ccnc1SCc1ccc(C(=O)N(Cc2cccc(F)c2)C2CC2)o1. The van der Waals surface area contributed by atoms with Crippen LogP contribution in [0.4, 0.5) is 4.39 Å². The number of rotatable bonds is 7. The van der Waals surface area contributed by atoms with Gasteiger partial charge in [-0.05, 0) is 42.7 Å². The molecule has 1 saturated carbocycles. The molecule has 3 aromatic rings. The van der Waals surface area contributed by atoms with Gasteiger partial charge in [-0.1, -0.05) is 23.9 Å². The third-order valence-electron chi connectivity index (χ3n) is 4.48. The summed E-state index contributed by atoms with van der Waals surface area (Å²) in [4.78, 5) is 19.0. The molecule has 0 radical (unpaired) electrons. The molecule has 27 heavy (non-hydrogen) atoms. The topological polar surface area (TPSA) is 51.3 Å². The number of benzene rings is 1. The molecule has 0 aliphatic heterocycles. The molecule has 1 aliphatic rings. The fourth-order valence-corrected chi connectivity index (χ4v) is 3.75. The van der Waals surface area contributed by atoms with E-state index in [-0.39, 0.29) is 17.8 Å². The lowest BCUT2D eigenvalue weighted by atomic mass is 10.2. The Morgan fingerprint density at radius 2 is 2.22 bits per heavy atom. The fourth-order valence-electron chi connectivity index (χ4n) is 2.92. The fraction of sp³-hybridized carbons (Fsp3) is 0.300. The van der Waals surface area contributed by atoms with Gasteiger partial charge in [0.1, 0.15) is 11.6 Å². The molecule has 5 nitrogen and oxygen atoms in total. The predicted octanol–water partition coefficient (Wildman–Crippen LogP) is 4.25. The second kappa shape index (κ2) is 7.60. The molecule has 0 bridgehead atoms. The van der Waals surface area contributed by atoms with Crippen molar-refractivity contribution in [2.75, 3.05) is 0 Å². The Labute approximate surface area is 161 Å². The molecule has 7 heteroatoms. The lowest BCUT2D eigenvalue weighted by Crippen LogP contribution is -2.32. The van der Waals surface area contributed by atoms with Gasteiger partial charge in [0.25, 0.3) is 5.91 Å². The molecule has 1 aromatic carbocycles. The zero-order valence-electron chi connectivity index (χ0n) is 15.0. The standard InChI is InChI=1S/C20H20FN3O2S/c1-23-10-9-22-20(23)27-13-17-7-8-18(26-17)19(25)24(16-5-6-16)12-14-3-2-4-15(21)11-14/h2-4,7-11,16H,5-6,12-13H2,1H3. The summed E-state index contributed by atoms with van der Waals surface area (Å²) in [5, 5.41) is 0.894. The second-order valence-electron chi connectivity index (χ2n) is 6.67. The number of imidazole rings is 1. The number of thioether (sulfide) groups is 1. The van der Waals surface area contributed by atoms with Crippen LogP contribution in [0, 0.1) is 5.82 Å². The highest BCUT2D eigenvalue weighted by Gasteiger charge is 2.34. The second-order valence-corrected chi connectivity index (χ2v) is 7.61. The van der Waals surface area contributed by atoms with Crippen molar-refractivity contribution < 1.29 is 13.6 Å². The molecule has 0 saturated heterocycles. The summed E-state index contributed by atoms with van der Waals surface area (Å²) >= 11 is 1.55. The smallest absolute Gasteiger partial charge is 0.290 e. The minimum absolute atomic E-state index is 0.144. The lowest BCUT2D eigenvalue weighted by Gasteiger charge is -2.21. The van der Waals surface area contributed by atoms with E-state index in [0.29, 0.717) is 18.1 Å². The van der Waals surface area contributed by atoms with Crippen LogP contribution in [-0.2, 0) is 19.3 Å². The Morgan fingerprint density at radius 1 is 1.37 bits per heavy atom. The van der Waals surface area contributed by atoms with Crippen molar-refractivity contribution in [3.63, 3.8) is 0 Å². The van der Waals surface area contributed by atoms with Gasteiger partial charge in [0.05, 0.1) is 5.75 Å². The normalized spacial score (nSPS) is 13.7. The maximum Gasteiger partial charge on any atom is 0.290 e. The van der Waals surface area contributed by atoms with E-state index in [1.807, 2.05) is 29.9 Å². The highest BCUT2D eigenvalue weighted by Crippen LogP contribution is 2.31. The summed E-state index contributed by atoms with van der Waals surface area (Å²) in [7, 11) is 1.94. The minimum atomic E-state index is -0.290. The number of halogens is 1.